The summed E-state index contributed by atoms with van der Waals surface area (Å²) in [6.45, 7) is 7.61. The summed E-state index contributed by atoms with van der Waals surface area (Å²) in [5.74, 6) is 0.690. The fraction of sp³-hybridized carbons (Fsp3) is 0.562. The van der Waals surface area contributed by atoms with Crippen molar-refractivity contribution in [2.75, 3.05) is 24.5 Å². The maximum Gasteiger partial charge on any atom is 0.0992 e. The minimum atomic E-state index is 0.543. The van der Waals surface area contributed by atoms with Crippen molar-refractivity contribution in [1.82, 2.24) is 5.32 Å². The first kappa shape index (κ1) is 15.3. The predicted octanol–water partition coefficient (Wildman–Crippen LogP) is 3.54. The van der Waals surface area contributed by atoms with Crippen LogP contribution in [0.3, 0.4) is 0 Å². The Bertz CT molecular complexity index is 493. The molecular weight excluding hydrogens is 314 g/mol. The standard InChI is InChI=1S/C16H22BrN3/c1-12(2)19-10-13-4-3-5-20(11-13)16-7-14(9-18)6-15(17)8-16/h6-8,12-13,19H,3-5,10-11H2,1-2H3. The molecule has 0 saturated carbocycles. The Balaban J connectivity index is 2.05. The lowest BCUT2D eigenvalue weighted by Crippen LogP contribution is -2.41. The Morgan fingerprint density at radius 1 is 1.45 bits per heavy atom. The van der Waals surface area contributed by atoms with Crippen molar-refractivity contribution >= 4 is 21.6 Å². The van der Waals surface area contributed by atoms with E-state index >= 15 is 0 Å². The Morgan fingerprint density at radius 3 is 2.95 bits per heavy atom. The molecule has 0 radical (unpaired) electrons. The van der Waals surface area contributed by atoms with Crippen LogP contribution in [0.1, 0.15) is 32.3 Å². The Kier molecular flexibility index (Phi) is 5.45. The number of nitrogens with one attached hydrogen (secondary N) is 1. The molecule has 1 aliphatic heterocycles. The Hall–Kier alpha value is -1.05. The van der Waals surface area contributed by atoms with Gasteiger partial charge in [-0.05, 0) is 43.5 Å². The van der Waals surface area contributed by atoms with Crippen LogP contribution in [0.5, 0.6) is 0 Å². The fourth-order valence-corrected chi connectivity index (χ4v) is 3.17. The lowest BCUT2D eigenvalue weighted by atomic mass is 9.97. The van der Waals surface area contributed by atoms with Crippen LogP contribution in [0.15, 0.2) is 22.7 Å². The van der Waals surface area contributed by atoms with Gasteiger partial charge in [0.25, 0.3) is 0 Å². The number of halogens is 1. The summed E-state index contributed by atoms with van der Waals surface area (Å²) >= 11 is 3.50. The molecule has 1 fully saturated rings. The molecule has 1 unspecified atom stereocenters. The lowest BCUT2D eigenvalue weighted by molar-refractivity contribution is 0.379. The van der Waals surface area contributed by atoms with Crippen molar-refractivity contribution in [3.63, 3.8) is 0 Å². The van der Waals surface area contributed by atoms with Crippen LogP contribution in [0.4, 0.5) is 5.69 Å². The van der Waals surface area contributed by atoms with E-state index in [2.05, 4.69) is 52.1 Å². The number of nitriles is 1. The molecule has 0 aliphatic carbocycles. The summed E-state index contributed by atoms with van der Waals surface area (Å²) < 4.78 is 0.981. The molecule has 4 heteroatoms. The molecule has 1 aromatic rings. The van der Waals surface area contributed by atoms with Gasteiger partial charge in [0.05, 0.1) is 11.6 Å². The first-order valence-corrected chi connectivity index (χ1v) is 8.07. The highest BCUT2D eigenvalue weighted by Crippen LogP contribution is 2.27. The third-order valence-electron chi connectivity index (χ3n) is 3.71. The minimum Gasteiger partial charge on any atom is -0.371 e. The van der Waals surface area contributed by atoms with Crippen LogP contribution in [-0.2, 0) is 0 Å². The third kappa shape index (κ3) is 4.22. The highest BCUT2D eigenvalue weighted by molar-refractivity contribution is 9.10. The maximum absolute atomic E-state index is 9.08. The van der Waals surface area contributed by atoms with Gasteiger partial charge in [-0.2, -0.15) is 5.26 Å². The van der Waals surface area contributed by atoms with Crippen LogP contribution in [-0.4, -0.2) is 25.7 Å². The second-order valence-corrected chi connectivity index (χ2v) is 6.74. The van der Waals surface area contributed by atoms with Crippen molar-refractivity contribution in [2.45, 2.75) is 32.7 Å². The van der Waals surface area contributed by atoms with Crippen LogP contribution in [0.2, 0.25) is 0 Å². The Labute approximate surface area is 130 Å². The average Bonchev–Trinajstić information content (AvgIpc) is 2.44. The van der Waals surface area contributed by atoms with Crippen LogP contribution < -0.4 is 10.2 Å². The minimum absolute atomic E-state index is 0.543. The van der Waals surface area contributed by atoms with Gasteiger partial charge in [-0.3, -0.25) is 0 Å². The SMILES string of the molecule is CC(C)NCC1CCCN(c2cc(Br)cc(C#N)c2)C1. The molecular formula is C16H22BrN3. The normalized spacial score (nSPS) is 19.1. The molecule has 0 bridgehead atoms. The van der Waals surface area contributed by atoms with Gasteiger partial charge in [0.1, 0.15) is 0 Å². The van der Waals surface area contributed by atoms with E-state index in [9.17, 15) is 0 Å². The van der Waals surface area contributed by atoms with Gasteiger partial charge >= 0.3 is 0 Å². The number of piperidine rings is 1. The number of anilines is 1. The summed E-state index contributed by atoms with van der Waals surface area (Å²) in [5, 5.41) is 12.6. The fourth-order valence-electron chi connectivity index (χ4n) is 2.69. The highest BCUT2D eigenvalue weighted by Gasteiger charge is 2.20. The van der Waals surface area contributed by atoms with Crippen molar-refractivity contribution in [3.8, 4) is 6.07 Å². The van der Waals surface area contributed by atoms with Crippen molar-refractivity contribution in [2.24, 2.45) is 5.92 Å². The molecule has 1 atom stereocenters. The van der Waals surface area contributed by atoms with E-state index in [0.29, 0.717) is 12.0 Å². The largest absolute Gasteiger partial charge is 0.371 e. The van der Waals surface area contributed by atoms with Crippen molar-refractivity contribution < 1.29 is 0 Å². The number of hydrogen-bond donors (Lipinski definition) is 1. The smallest absolute Gasteiger partial charge is 0.0992 e. The molecule has 3 nitrogen and oxygen atoms in total. The average molecular weight is 336 g/mol. The molecule has 0 spiro atoms. The van der Waals surface area contributed by atoms with Gasteiger partial charge in [0.15, 0.2) is 0 Å². The van der Waals surface area contributed by atoms with Gasteiger partial charge in [0, 0.05) is 29.3 Å². The van der Waals surface area contributed by atoms with Crippen LogP contribution >= 0.6 is 15.9 Å². The summed E-state index contributed by atoms with van der Waals surface area (Å²) in [7, 11) is 0. The summed E-state index contributed by atoms with van der Waals surface area (Å²) in [5.41, 5.74) is 1.88. The molecule has 0 amide bonds. The first-order valence-electron chi connectivity index (χ1n) is 7.27. The summed E-state index contributed by atoms with van der Waals surface area (Å²) in [6.07, 6.45) is 2.51. The predicted molar refractivity (Wildman–Crippen MR) is 86.9 cm³/mol. The topological polar surface area (TPSA) is 39.1 Å². The first-order chi connectivity index (χ1) is 9.58. The third-order valence-corrected chi connectivity index (χ3v) is 4.17. The zero-order chi connectivity index (χ0) is 14.5. The van der Waals surface area contributed by atoms with Gasteiger partial charge in [-0.1, -0.05) is 29.8 Å². The second kappa shape index (κ2) is 7.10. The Morgan fingerprint density at radius 2 is 2.25 bits per heavy atom. The van der Waals surface area contributed by atoms with E-state index in [4.69, 9.17) is 5.26 Å². The van der Waals surface area contributed by atoms with Crippen molar-refractivity contribution in [3.05, 3.63) is 28.2 Å². The lowest BCUT2D eigenvalue weighted by Gasteiger charge is -2.35. The van der Waals surface area contributed by atoms with Crippen LogP contribution in [0.25, 0.3) is 0 Å². The molecule has 0 aromatic heterocycles. The second-order valence-electron chi connectivity index (χ2n) is 5.83. The summed E-state index contributed by atoms with van der Waals surface area (Å²) in [4.78, 5) is 2.40. The van der Waals surface area contributed by atoms with Gasteiger partial charge in [-0.25, -0.2) is 0 Å². The number of rotatable bonds is 4. The van der Waals surface area contributed by atoms with E-state index < -0.39 is 0 Å². The van der Waals surface area contributed by atoms with E-state index in [1.165, 1.54) is 12.8 Å². The van der Waals surface area contributed by atoms with E-state index in [0.717, 1.165) is 35.4 Å². The number of nitrogens with zero attached hydrogens (tertiary/aromatic N) is 2. The van der Waals surface area contributed by atoms with Gasteiger partial charge < -0.3 is 10.2 Å². The number of benzene rings is 1. The zero-order valence-corrected chi connectivity index (χ0v) is 13.8. The molecule has 1 saturated heterocycles. The van der Waals surface area contributed by atoms with E-state index in [-0.39, 0.29) is 0 Å². The molecule has 1 aliphatic rings. The van der Waals surface area contributed by atoms with Crippen LogP contribution in [0, 0.1) is 17.2 Å². The van der Waals surface area contributed by atoms with E-state index in [1.54, 1.807) is 0 Å². The quantitative estimate of drug-likeness (QED) is 0.914. The highest BCUT2D eigenvalue weighted by atomic mass is 79.9. The molecule has 108 valence electrons. The van der Waals surface area contributed by atoms with Gasteiger partial charge in [-0.15, -0.1) is 0 Å². The molecule has 2 rings (SSSR count). The van der Waals surface area contributed by atoms with Crippen molar-refractivity contribution in [1.29, 1.82) is 5.26 Å². The number of hydrogen-bond acceptors (Lipinski definition) is 3. The molecule has 1 aromatic carbocycles. The van der Waals surface area contributed by atoms with E-state index in [1.807, 2.05) is 12.1 Å². The maximum atomic E-state index is 9.08. The summed E-state index contributed by atoms with van der Waals surface area (Å²) in [6, 6.07) is 8.74. The molecule has 1 heterocycles. The monoisotopic (exact) mass is 335 g/mol. The molecule has 1 N–H and O–H groups in total. The zero-order valence-electron chi connectivity index (χ0n) is 12.2. The van der Waals surface area contributed by atoms with Gasteiger partial charge in [0.2, 0.25) is 0 Å². The molecule has 20 heavy (non-hydrogen) atoms.